The summed E-state index contributed by atoms with van der Waals surface area (Å²) in [5.41, 5.74) is 5.64. The molecule has 19 heavy (non-hydrogen) atoms. The maximum atomic E-state index is 12.6. The number of nitrogens with two attached hydrogens (primary N) is 1. The Bertz CT molecular complexity index is 508. The first-order valence-electron chi connectivity index (χ1n) is 6.30. The van der Waals surface area contributed by atoms with Gasteiger partial charge in [0.05, 0.1) is 6.61 Å². The summed E-state index contributed by atoms with van der Waals surface area (Å²) in [5.74, 6) is -0.0172. The Morgan fingerprint density at radius 1 is 1.47 bits per heavy atom. The van der Waals surface area contributed by atoms with Crippen molar-refractivity contribution in [2.45, 2.75) is 37.6 Å². The molecule has 1 aromatic heterocycles. The van der Waals surface area contributed by atoms with E-state index in [2.05, 4.69) is 5.10 Å². The van der Waals surface area contributed by atoms with Crippen molar-refractivity contribution in [2.24, 2.45) is 7.05 Å². The molecular weight excluding hydrogens is 268 g/mol. The Labute approximate surface area is 114 Å². The molecule has 0 saturated carbocycles. The molecule has 0 radical (unpaired) electrons. The monoisotopic (exact) mass is 290 g/mol. The summed E-state index contributed by atoms with van der Waals surface area (Å²) >= 11 is 0. The number of hydrogen-bond acceptors (Lipinski definition) is 5. The van der Waals surface area contributed by atoms with Gasteiger partial charge in [0.25, 0.3) is 0 Å². The lowest BCUT2D eigenvalue weighted by molar-refractivity contribution is 0.219. The number of nitrogen functional groups attached to an aromatic ring is 1. The van der Waals surface area contributed by atoms with Gasteiger partial charge in [0.2, 0.25) is 10.0 Å². The van der Waals surface area contributed by atoms with Crippen molar-refractivity contribution >= 4 is 15.8 Å². The summed E-state index contributed by atoms with van der Waals surface area (Å²) in [6, 6.07) is -0.156. The maximum absolute atomic E-state index is 12.6. The minimum Gasteiger partial charge on any atom is -0.395 e. The van der Waals surface area contributed by atoms with Crippen LogP contribution in [-0.4, -0.2) is 46.8 Å². The van der Waals surface area contributed by atoms with Crippen molar-refractivity contribution in [3.63, 3.8) is 0 Å². The molecule has 0 fully saturated rings. The lowest BCUT2D eigenvalue weighted by atomic mass is 10.2. The topological polar surface area (TPSA) is 101 Å². The molecule has 0 saturated heterocycles. The van der Waals surface area contributed by atoms with Crippen LogP contribution in [-0.2, 0) is 17.1 Å². The van der Waals surface area contributed by atoms with Crippen molar-refractivity contribution in [2.75, 3.05) is 18.9 Å². The number of anilines is 1. The SMILES string of the molecule is CCC(CC)N(CCO)S(=O)(=O)c1cn(C)nc1N. The first kappa shape index (κ1) is 15.9. The van der Waals surface area contributed by atoms with E-state index in [0.29, 0.717) is 12.8 Å². The quantitative estimate of drug-likeness (QED) is 0.745. The highest BCUT2D eigenvalue weighted by Gasteiger charge is 2.32. The molecule has 0 spiro atoms. The van der Waals surface area contributed by atoms with Crippen LogP contribution in [0, 0.1) is 0 Å². The van der Waals surface area contributed by atoms with Crippen LogP contribution in [0.1, 0.15) is 26.7 Å². The fourth-order valence-electron chi connectivity index (χ4n) is 2.10. The molecule has 110 valence electrons. The molecule has 3 N–H and O–H groups in total. The number of nitrogens with zero attached hydrogens (tertiary/aromatic N) is 3. The van der Waals surface area contributed by atoms with Crippen LogP contribution < -0.4 is 5.73 Å². The van der Waals surface area contributed by atoms with Gasteiger partial charge >= 0.3 is 0 Å². The predicted molar refractivity (Wildman–Crippen MR) is 73.0 cm³/mol. The highest BCUT2D eigenvalue weighted by molar-refractivity contribution is 7.89. The summed E-state index contributed by atoms with van der Waals surface area (Å²) in [6.45, 7) is 3.67. The van der Waals surface area contributed by atoms with Crippen molar-refractivity contribution in [1.29, 1.82) is 0 Å². The van der Waals surface area contributed by atoms with E-state index in [1.807, 2.05) is 13.8 Å². The molecule has 1 heterocycles. The van der Waals surface area contributed by atoms with E-state index in [9.17, 15) is 8.42 Å². The summed E-state index contributed by atoms with van der Waals surface area (Å²) in [4.78, 5) is -0.00431. The molecule has 0 aliphatic heterocycles. The second-order valence-corrected chi connectivity index (χ2v) is 6.22. The average molecular weight is 290 g/mol. The third-order valence-corrected chi connectivity index (χ3v) is 5.05. The molecule has 1 rings (SSSR count). The highest BCUT2D eigenvalue weighted by atomic mass is 32.2. The summed E-state index contributed by atoms with van der Waals surface area (Å²) in [7, 11) is -2.12. The van der Waals surface area contributed by atoms with Gasteiger partial charge in [0, 0.05) is 25.8 Å². The van der Waals surface area contributed by atoms with Gasteiger partial charge in [-0.25, -0.2) is 8.42 Å². The molecule has 0 aromatic carbocycles. The Morgan fingerprint density at radius 2 is 2.05 bits per heavy atom. The zero-order valence-electron chi connectivity index (χ0n) is 11.6. The number of hydrogen-bond donors (Lipinski definition) is 2. The van der Waals surface area contributed by atoms with Crippen molar-refractivity contribution in [3.05, 3.63) is 6.20 Å². The van der Waals surface area contributed by atoms with Crippen molar-refractivity contribution < 1.29 is 13.5 Å². The maximum Gasteiger partial charge on any atom is 0.248 e. The number of aryl methyl sites for hydroxylation is 1. The van der Waals surface area contributed by atoms with Gasteiger partial charge < -0.3 is 10.8 Å². The predicted octanol–water partition coefficient (Wildman–Crippen LogP) is 0.174. The van der Waals surface area contributed by atoms with Crippen LogP contribution >= 0.6 is 0 Å². The van der Waals surface area contributed by atoms with Gasteiger partial charge in [-0.15, -0.1) is 0 Å². The third kappa shape index (κ3) is 3.26. The molecule has 0 unspecified atom stereocenters. The summed E-state index contributed by atoms with van der Waals surface area (Å²) < 4.78 is 27.9. The fraction of sp³-hybridized carbons (Fsp3) is 0.727. The minimum atomic E-state index is -3.73. The Hall–Kier alpha value is -1.12. The van der Waals surface area contributed by atoms with Crippen LogP contribution in [0.15, 0.2) is 11.1 Å². The molecule has 7 nitrogen and oxygen atoms in total. The van der Waals surface area contributed by atoms with Crippen molar-refractivity contribution in [3.8, 4) is 0 Å². The molecule has 0 amide bonds. The van der Waals surface area contributed by atoms with Gasteiger partial charge in [-0.05, 0) is 12.8 Å². The Kier molecular flexibility index (Phi) is 5.33. The minimum absolute atomic E-state index is 0.00431. The number of rotatable bonds is 7. The number of sulfonamides is 1. The zero-order chi connectivity index (χ0) is 14.6. The van der Waals surface area contributed by atoms with Gasteiger partial charge in [-0.2, -0.15) is 9.40 Å². The van der Waals surface area contributed by atoms with Crippen LogP contribution in [0.5, 0.6) is 0 Å². The Balaban J connectivity index is 3.23. The zero-order valence-corrected chi connectivity index (χ0v) is 12.4. The molecule has 0 aliphatic carbocycles. The number of aromatic nitrogens is 2. The average Bonchev–Trinajstić information content (AvgIpc) is 2.69. The van der Waals surface area contributed by atoms with E-state index in [-0.39, 0.29) is 29.9 Å². The second-order valence-electron chi connectivity index (χ2n) is 4.36. The van der Waals surface area contributed by atoms with Gasteiger partial charge in [0.15, 0.2) is 5.82 Å². The van der Waals surface area contributed by atoms with E-state index >= 15 is 0 Å². The van der Waals surface area contributed by atoms with Crippen molar-refractivity contribution in [1.82, 2.24) is 14.1 Å². The van der Waals surface area contributed by atoms with E-state index in [0.717, 1.165) is 0 Å². The first-order valence-corrected chi connectivity index (χ1v) is 7.74. The smallest absolute Gasteiger partial charge is 0.248 e. The third-order valence-electron chi connectivity index (χ3n) is 3.08. The van der Waals surface area contributed by atoms with Crippen LogP contribution in [0.2, 0.25) is 0 Å². The van der Waals surface area contributed by atoms with E-state index < -0.39 is 10.0 Å². The van der Waals surface area contributed by atoms with E-state index in [1.54, 1.807) is 7.05 Å². The normalized spacial score (nSPS) is 12.5. The van der Waals surface area contributed by atoms with E-state index in [1.165, 1.54) is 15.2 Å². The molecular formula is C11H22N4O3S. The van der Waals surface area contributed by atoms with Crippen LogP contribution in [0.25, 0.3) is 0 Å². The number of aliphatic hydroxyl groups excluding tert-OH is 1. The van der Waals surface area contributed by atoms with E-state index in [4.69, 9.17) is 10.8 Å². The van der Waals surface area contributed by atoms with Gasteiger partial charge in [-0.1, -0.05) is 13.8 Å². The van der Waals surface area contributed by atoms with Gasteiger partial charge in [0.1, 0.15) is 4.90 Å². The molecule has 8 heteroatoms. The molecule has 0 aliphatic rings. The van der Waals surface area contributed by atoms with Gasteiger partial charge in [-0.3, -0.25) is 4.68 Å². The lowest BCUT2D eigenvalue weighted by Gasteiger charge is -2.28. The highest BCUT2D eigenvalue weighted by Crippen LogP contribution is 2.24. The number of aliphatic hydroxyl groups is 1. The fourth-order valence-corrected chi connectivity index (χ4v) is 3.96. The van der Waals surface area contributed by atoms with Crippen LogP contribution in [0.3, 0.4) is 0 Å². The summed E-state index contributed by atoms with van der Waals surface area (Å²) in [6.07, 6.45) is 2.74. The Morgan fingerprint density at radius 3 is 2.42 bits per heavy atom. The molecule has 0 atom stereocenters. The first-order chi connectivity index (χ1) is 8.88. The standard InChI is InChI=1S/C11H22N4O3S/c1-4-9(5-2)15(6-7-16)19(17,18)10-8-14(3)13-11(10)12/h8-9,16H,4-7H2,1-3H3,(H2,12,13). The largest absolute Gasteiger partial charge is 0.395 e. The summed E-state index contributed by atoms with van der Waals surface area (Å²) in [5, 5.41) is 13.0. The van der Waals surface area contributed by atoms with Crippen LogP contribution in [0.4, 0.5) is 5.82 Å². The molecule has 0 bridgehead atoms. The lowest BCUT2D eigenvalue weighted by Crippen LogP contribution is -2.41. The second kappa shape index (κ2) is 6.36. The molecule has 1 aromatic rings.